The van der Waals surface area contributed by atoms with Crippen LogP contribution in [0.2, 0.25) is 0 Å². The second-order valence-electron chi connectivity index (χ2n) is 4.20. The van der Waals surface area contributed by atoms with Gasteiger partial charge in [-0.05, 0) is 31.5 Å². The first-order valence-corrected chi connectivity index (χ1v) is 6.49. The van der Waals surface area contributed by atoms with Crippen molar-refractivity contribution in [1.82, 2.24) is 4.90 Å². The third-order valence-corrected chi connectivity index (χ3v) is 3.05. The molecule has 18 heavy (non-hydrogen) atoms. The second kappa shape index (κ2) is 7.03. The number of nitrogens with zero attached hydrogens (tertiary/aromatic N) is 2. The molecule has 0 aromatic heterocycles. The highest BCUT2D eigenvalue weighted by Gasteiger charge is 2.16. The average molecular weight is 265 g/mol. The van der Waals surface area contributed by atoms with Gasteiger partial charge in [0.05, 0.1) is 12.0 Å². The molecule has 0 aliphatic heterocycles. The van der Waals surface area contributed by atoms with E-state index in [1.807, 2.05) is 26.0 Å². The minimum absolute atomic E-state index is 0.0410. The normalized spacial score (nSPS) is 11.7. The molecule has 0 N–H and O–H groups in total. The van der Waals surface area contributed by atoms with Crippen molar-refractivity contribution in [2.24, 2.45) is 5.92 Å². The number of rotatable bonds is 5. The summed E-state index contributed by atoms with van der Waals surface area (Å²) in [6.07, 6.45) is 0. The molecule has 1 amide bonds. The van der Waals surface area contributed by atoms with E-state index < -0.39 is 0 Å². The van der Waals surface area contributed by atoms with Gasteiger partial charge in [0, 0.05) is 24.5 Å². The summed E-state index contributed by atoms with van der Waals surface area (Å²) >= 11 is 5.70. The molecule has 1 unspecified atom stereocenters. The Morgan fingerprint density at radius 1 is 1.44 bits per heavy atom. The minimum Gasteiger partial charge on any atom is -0.338 e. The smallest absolute Gasteiger partial charge is 0.253 e. The quantitative estimate of drug-likeness (QED) is 0.767. The number of nitriles is 1. The Morgan fingerprint density at radius 3 is 2.50 bits per heavy atom. The third kappa shape index (κ3) is 3.75. The predicted molar refractivity (Wildman–Crippen MR) is 72.4 cm³/mol. The maximum Gasteiger partial charge on any atom is 0.253 e. The number of hydrogen-bond acceptors (Lipinski definition) is 2. The fraction of sp³-hybridized carbons (Fsp3) is 0.429. The summed E-state index contributed by atoms with van der Waals surface area (Å²) < 4.78 is 0. The van der Waals surface area contributed by atoms with Crippen LogP contribution in [0.3, 0.4) is 0 Å². The van der Waals surface area contributed by atoms with Gasteiger partial charge in [-0.15, -0.1) is 11.6 Å². The lowest BCUT2D eigenvalue weighted by Gasteiger charge is -2.22. The Bertz CT molecular complexity index is 436. The number of carbonyl (C=O) groups excluding carboxylic acids is 1. The highest BCUT2D eigenvalue weighted by atomic mass is 35.5. The van der Waals surface area contributed by atoms with Gasteiger partial charge in [-0.2, -0.15) is 5.26 Å². The molecular weight excluding hydrogens is 248 g/mol. The number of benzene rings is 1. The van der Waals surface area contributed by atoms with E-state index in [1.165, 1.54) is 0 Å². The third-order valence-electron chi connectivity index (χ3n) is 2.74. The Morgan fingerprint density at radius 2 is 2.06 bits per heavy atom. The molecule has 1 atom stereocenters. The van der Waals surface area contributed by atoms with Crippen LogP contribution in [0.15, 0.2) is 24.3 Å². The van der Waals surface area contributed by atoms with Gasteiger partial charge in [-0.25, -0.2) is 0 Å². The van der Waals surface area contributed by atoms with Crippen molar-refractivity contribution in [1.29, 1.82) is 5.26 Å². The molecule has 1 aromatic rings. The van der Waals surface area contributed by atoms with Crippen LogP contribution >= 0.6 is 11.6 Å². The van der Waals surface area contributed by atoms with Crippen LogP contribution in [0.1, 0.15) is 29.8 Å². The summed E-state index contributed by atoms with van der Waals surface area (Å²) in [4.78, 5) is 13.9. The second-order valence-corrected chi connectivity index (χ2v) is 4.47. The lowest BCUT2D eigenvalue weighted by atomic mass is 10.1. The van der Waals surface area contributed by atoms with E-state index >= 15 is 0 Å². The van der Waals surface area contributed by atoms with Crippen molar-refractivity contribution in [3.63, 3.8) is 0 Å². The molecule has 0 fully saturated rings. The fourth-order valence-corrected chi connectivity index (χ4v) is 1.82. The standard InChI is InChI=1S/C14H17ClN2O/c1-3-17(10-11(2)9-16)14(18)13-6-4-12(8-15)5-7-13/h4-7,11H,3,8,10H2,1-2H3. The molecular formula is C14H17ClN2O. The van der Waals surface area contributed by atoms with E-state index in [4.69, 9.17) is 16.9 Å². The first-order valence-electron chi connectivity index (χ1n) is 5.96. The van der Waals surface area contributed by atoms with Crippen molar-refractivity contribution in [3.05, 3.63) is 35.4 Å². The minimum atomic E-state index is -0.156. The molecule has 0 radical (unpaired) electrons. The van der Waals surface area contributed by atoms with Crippen molar-refractivity contribution in [3.8, 4) is 6.07 Å². The van der Waals surface area contributed by atoms with Crippen LogP contribution in [0.4, 0.5) is 0 Å². The van der Waals surface area contributed by atoms with Crippen LogP contribution in [0.5, 0.6) is 0 Å². The molecule has 0 saturated carbocycles. The highest BCUT2D eigenvalue weighted by Crippen LogP contribution is 2.10. The van der Waals surface area contributed by atoms with E-state index in [9.17, 15) is 4.79 Å². The first-order chi connectivity index (χ1) is 8.62. The van der Waals surface area contributed by atoms with Crippen molar-refractivity contribution in [2.45, 2.75) is 19.7 Å². The summed E-state index contributed by atoms with van der Waals surface area (Å²) in [7, 11) is 0. The molecule has 3 nitrogen and oxygen atoms in total. The lowest BCUT2D eigenvalue weighted by Crippen LogP contribution is -2.34. The van der Waals surface area contributed by atoms with Crippen LogP contribution in [-0.2, 0) is 5.88 Å². The maximum atomic E-state index is 12.2. The van der Waals surface area contributed by atoms with Gasteiger partial charge in [-0.1, -0.05) is 12.1 Å². The number of hydrogen-bond donors (Lipinski definition) is 0. The highest BCUT2D eigenvalue weighted by molar-refractivity contribution is 6.17. The molecule has 1 rings (SSSR count). The Hall–Kier alpha value is -1.53. The van der Waals surface area contributed by atoms with Gasteiger partial charge >= 0.3 is 0 Å². The Balaban J connectivity index is 2.80. The topological polar surface area (TPSA) is 44.1 Å². The molecule has 4 heteroatoms. The van der Waals surface area contributed by atoms with E-state index in [0.717, 1.165) is 5.56 Å². The van der Waals surface area contributed by atoms with Gasteiger partial charge < -0.3 is 4.90 Å². The summed E-state index contributed by atoms with van der Waals surface area (Å²) in [6.45, 7) is 4.78. The SMILES string of the molecule is CCN(CC(C)C#N)C(=O)c1ccc(CCl)cc1. The zero-order valence-corrected chi connectivity index (χ0v) is 11.4. The summed E-state index contributed by atoms with van der Waals surface area (Å²) in [6, 6.07) is 9.40. The predicted octanol–water partition coefficient (Wildman–Crippen LogP) is 3.05. The number of halogens is 1. The van der Waals surface area contributed by atoms with Gasteiger partial charge in [0.1, 0.15) is 0 Å². The van der Waals surface area contributed by atoms with E-state index in [2.05, 4.69) is 6.07 Å². The average Bonchev–Trinajstić information content (AvgIpc) is 2.43. The zero-order chi connectivity index (χ0) is 13.5. The molecule has 0 aliphatic carbocycles. The van der Waals surface area contributed by atoms with E-state index in [0.29, 0.717) is 24.5 Å². The summed E-state index contributed by atoms with van der Waals surface area (Å²) in [5.74, 6) is 0.244. The Kier molecular flexibility index (Phi) is 5.67. The van der Waals surface area contributed by atoms with Gasteiger partial charge in [0.25, 0.3) is 5.91 Å². The van der Waals surface area contributed by atoms with Gasteiger partial charge in [0.2, 0.25) is 0 Å². The van der Waals surface area contributed by atoms with Crippen LogP contribution in [-0.4, -0.2) is 23.9 Å². The number of amides is 1. The van der Waals surface area contributed by atoms with Crippen molar-refractivity contribution < 1.29 is 4.79 Å². The maximum absolute atomic E-state index is 12.2. The first kappa shape index (κ1) is 14.5. The Labute approximate surface area is 113 Å². The molecule has 0 aliphatic rings. The van der Waals surface area contributed by atoms with Crippen LogP contribution < -0.4 is 0 Å². The fourth-order valence-electron chi connectivity index (χ4n) is 1.65. The molecule has 0 spiro atoms. The largest absolute Gasteiger partial charge is 0.338 e. The van der Waals surface area contributed by atoms with E-state index in [1.54, 1.807) is 17.0 Å². The molecule has 0 saturated heterocycles. The van der Waals surface area contributed by atoms with Crippen molar-refractivity contribution >= 4 is 17.5 Å². The van der Waals surface area contributed by atoms with Crippen molar-refractivity contribution in [2.75, 3.05) is 13.1 Å². The number of alkyl halides is 1. The van der Waals surface area contributed by atoms with Crippen LogP contribution in [0, 0.1) is 17.2 Å². The summed E-state index contributed by atoms with van der Waals surface area (Å²) in [5, 5.41) is 8.80. The molecule has 0 heterocycles. The van der Waals surface area contributed by atoms with Gasteiger partial charge in [-0.3, -0.25) is 4.79 Å². The molecule has 1 aromatic carbocycles. The lowest BCUT2D eigenvalue weighted by molar-refractivity contribution is 0.0752. The van der Waals surface area contributed by atoms with E-state index in [-0.39, 0.29) is 11.8 Å². The monoisotopic (exact) mass is 264 g/mol. The van der Waals surface area contributed by atoms with Gasteiger partial charge in [0.15, 0.2) is 0 Å². The number of carbonyl (C=O) groups is 1. The van der Waals surface area contributed by atoms with Crippen LogP contribution in [0.25, 0.3) is 0 Å². The zero-order valence-electron chi connectivity index (χ0n) is 10.7. The summed E-state index contributed by atoms with van der Waals surface area (Å²) in [5.41, 5.74) is 1.62. The molecule has 0 bridgehead atoms. The molecule has 96 valence electrons.